The zero-order valence-electron chi connectivity index (χ0n) is 9.46. The van der Waals surface area contributed by atoms with E-state index in [-0.39, 0.29) is 11.6 Å². The SMILES string of the molecule is CC(=O)C(C)=O.CCCOOCCC. The van der Waals surface area contributed by atoms with Gasteiger partial charge in [-0.3, -0.25) is 9.59 Å². The molecule has 0 amide bonds. The van der Waals surface area contributed by atoms with Gasteiger partial charge in [0.25, 0.3) is 0 Å². The number of hydrogen-bond acceptors (Lipinski definition) is 4. The Morgan fingerprint density at radius 1 is 0.857 bits per heavy atom. The van der Waals surface area contributed by atoms with Crippen LogP contribution < -0.4 is 0 Å². The van der Waals surface area contributed by atoms with Gasteiger partial charge in [0.1, 0.15) is 0 Å². The van der Waals surface area contributed by atoms with E-state index in [9.17, 15) is 9.59 Å². The number of hydrogen-bond donors (Lipinski definition) is 0. The van der Waals surface area contributed by atoms with Crippen molar-refractivity contribution in [1.82, 2.24) is 0 Å². The molecule has 0 N–H and O–H groups in total. The Hall–Kier alpha value is -0.740. The molecule has 0 aliphatic rings. The second kappa shape index (κ2) is 12.3. The molecule has 4 heteroatoms. The number of rotatable bonds is 6. The third-order valence-corrected chi connectivity index (χ3v) is 1.15. The van der Waals surface area contributed by atoms with E-state index >= 15 is 0 Å². The molecule has 0 radical (unpaired) electrons. The molecule has 0 rings (SSSR count). The lowest BCUT2D eigenvalue weighted by Crippen LogP contribution is -2.01. The zero-order chi connectivity index (χ0) is 11.4. The summed E-state index contributed by atoms with van der Waals surface area (Å²) in [6.45, 7) is 8.02. The maximum absolute atomic E-state index is 9.79. The topological polar surface area (TPSA) is 52.6 Å². The van der Waals surface area contributed by atoms with Gasteiger partial charge in [-0.05, 0) is 12.8 Å². The van der Waals surface area contributed by atoms with Gasteiger partial charge in [0.05, 0.1) is 13.2 Å². The van der Waals surface area contributed by atoms with E-state index in [0.29, 0.717) is 13.2 Å². The summed E-state index contributed by atoms with van der Waals surface area (Å²) in [5.41, 5.74) is 0. The maximum Gasteiger partial charge on any atom is 0.195 e. The van der Waals surface area contributed by atoms with Gasteiger partial charge in [-0.2, -0.15) is 0 Å². The molecular formula is C10H20O4. The summed E-state index contributed by atoms with van der Waals surface area (Å²) in [5, 5.41) is 0. The van der Waals surface area contributed by atoms with Gasteiger partial charge >= 0.3 is 0 Å². The van der Waals surface area contributed by atoms with Crippen molar-refractivity contribution in [2.45, 2.75) is 40.5 Å². The molecule has 0 aromatic rings. The van der Waals surface area contributed by atoms with Gasteiger partial charge in [-0.1, -0.05) is 13.8 Å². The highest BCUT2D eigenvalue weighted by atomic mass is 17.2. The normalized spacial score (nSPS) is 8.86. The molecule has 0 saturated carbocycles. The molecule has 0 aromatic carbocycles. The summed E-state index contributed by atoms with van der Waals surface area (Å²) in [7, 11) is 0. The van der Waals surface area contributed by atoms with Crippen LogP contribution in [0.5, 0.6) is 0 Å². The second-order valence-corrected chi connectivity index (χ2v) is 2.76. The molecule has 0 aromatic heterocycles. The number of ketones is 2. The molecule has 14 heavy (non-hydrogen) atoms. The monoisotopic (exact) mass is 204 g/mol. The smallest absolute Gasteiger partial charge is 0.195 e. The molecule has 0 heterocycles. The number of Topliss-reactive ketones (excluding diaryl/α,β-unsaturated/α-hetero) is 2. The molecule has 0 saturated heterocycles. The van der Waals surface area contributed by atoms with Gasteiger partial charge in [0.2, 0.25) is 0 Å². The van der Waals surface area contributed by atoms with Crippen molar-refractivity contribution in [3.63, 3.8) is 0 Å². The standard InChI is InChI=1S/C6H14O2.C4H6O2/c1-3-5-7-8-6-4-2;1-3(5)4(2)6/h3-6H2,1-2H3;1-2H3. The van der Waals surface area contributed by atoms with Crippen molar-refractivity contribution >= 4 is 11.6 Å². The summed E-state index contributed by atoms with van der Waals surface area (Å²) < 4.78 is 0. The quantitative estimate of drug-likeness (QED) is 0.287. The number of carbonyl (C=O) groups excluding carboxylic acids is 2. The van der Waals surface area contributed by atoms with E-state index < -0.39 is 0 Å². The Morgan fingerprint density at radius 2 is 1.14 bits per heavy atom. The summed E-state index contributed by atoms with van der Waals surface area (Å²) in [6, 6.07) is 0. The Bertz CT molecular complexity index is 136. The zero-order valence-corrected chi connectivity index (χ0v) is 9.46. The van der Waals surface area contributed by atoms with Gasteiger partial charge in [0.15, 0.2) is 11.6 Å². The first-order chi connectivity index (χ1) is 6.56. The van der Waals surface area contributed by atoms with Gasteiger partial charge in [-0.15, -0.1) is 0 Å². The van der Waals surface area contributed by atoms with Crippen molar-refractivity contribution in [1.29, 1.82) is 0 Å². The van der Waals surface area contributed by atoms with Gasteiger partial charge in [-0.25, -0.2) is 9.78 Å². The average molecular weight is 204 g/mol. The van der Waals surface area contributed by atoms with Crippen LogP contribution in [0.25, 0.3) is 0 Å². The first-order valence-corrected chi connectivity index (χ1v) is 4.82. The van der Waals surface area contributed by atoms with Crippen LogP contribution >= 0.6 is 0 Å². The molecule has 0 aliphatic carbocycles. The van der Waals surface area contributed by atoms with Crippen LogP contribution in [0.4, 0.5) is 0 Å². The predicted molar refractivity (Wildman–Crippen MR) is 53.8 cm³/mol. The Kier molecular flexibility index (Phi) is 13.8. The molecular weight excluding hydrogens is 184 g/mol. The number of carbonyl (C=O) groups is 2. The van der Waals surface area contributed by atoms with E-state index in [2.05, 4.69) is 13.8 Å². The minimum absolute atomic E-state index is 0.380. The molecule has 4 nitrogen and oxygen atoms in total. The summed E-state index contributed by atoms with van der Waals surface area (Å²) >= 11 is 0. The van der Waals surface area contributed by atoms with E-state index in [1.807, 2.05) is 0 Å². The fourth-order valence-electron chi connectivity index (χ4n) is 0.285. The van der Waals surface area contributed by atoms with Crippen LogP contribution in [-0.2, 0) is 19.4 Å². The highest BCUT2D eigenvalue weighted by Gasteiger charge is 1.94. The van der Waals surface area contributed by atoms with Gasteiger partial charge in [0, 0.05) is 13.8 Å². The Morgan fingerprint density at radius 3 is 1.29 bits per heavy atom. The Labute approximate surface area is 85.5 Å². The van der Waals surface area contributed by atoms with E-state index in [0.717, 1.165) is 12.8 Å². The lowest BCUT2D eigenvalue weighted by Gasteiger charge is -1.97. The first-order valence-electron chi connectivity index (χ1n) is 4.82. The molecule has 0 atom stereocenters. The molecule has 0 unspecified atom stereocenters. The largest absolute Gasteiger partial charge is 0.291 e. The van der Waals surface area contributed by atoms with E-state index in [4.69, 9.17) is 9.78 Å². The minimum Gasteiger partial charge on any atom is -0.291 e. The van der Waals surface area contributed by atoms with Crippen molar-refractivity contribution in [2.24, 2.45) is 0 Å². The Balaban J connectivity index is 0. The van der Waals surface area contributed by atoms with Crippen LogP contribution in [0.1, 0.15) is 40.5 Å². The van der Waals surface area contributed by atoms with Crippen molar-refractivity contribution in [3.05, 3.63) is 0 Å². The van der Waals surface area contributed by atoms with Gasteiger partial charge < -0.3 is 0 Å². The van der Waals surface area contributed by atoms with Crippen LogP contribution in [0.15, 0.2) is 0 Å². The van der Waals surface area contributed by atoms with Crippen LogP contribution in [0.3, 0.4) is 0 Å². The average Bonchev–Trinajstić information content (AvgIpc) is 2.13. The molecule has 84 valence electrons. The highest BCUT2D eigenvalue weighted by molar-refractivity contribution is 6.35. The third-order valence-electron chi connectivity index (χ3n) is 1.15. The van der Waals surface area contributed by atoms with Crippen LogP contribution in [0.2, 0.25) is 0 Å². The predicted octanol–water partition coefficient (Wildman–Crippen LogP) is 1.92. The van der Waals surface area contributed by atoms with Crippen molar-refractivity contribution in [2.75, 3.05) is 13.2 Å². The molecule has 0 spiro atoms. The maximum atomic E-state index is 9.79. The van der Waals surface area contributed by atoms with Crippen molar-refractivity contribution in [3.8, 4) is 0 Å². The second-order valence-electron chi connectivity index (χ2n) is 2.76. The molecule has 0 bridgehead atoms. The lowest BCUT2D eigenvalue weighted by molar-refractivity contribution is -0.294. The molecule has 0 fully saturated rings. The summed E-state index contributed by atoms with van der Waals surface area (Å²) in [4.78, 5) is 29.0. The van der Waals surface area contributed by atoms with Crippen LogP contribution in [0, 0.1) is 0 Å². The highest BCUT2D eigenvalue weighted by Crippen LogP contribution is 1.83. The summed E-state index contributed by atoms with van der Waals surface area (Å²) in [5.74, 6) is -0.759. The molecule has 0 aliphatic heterocycles. The van der Waals surface area contributed by atoms with E-state index in [1.165, 1.54) is 13.8 Å². The summed E-state index contributed by atoms with van der Waals surface area (Å²) in [6.07, 6.45) is 2.04. The fourth-order valence-corrected chi connectivity index (χ4v) is 0.285. The third kappa shape index (κ3) is 17.4. The minimum atomic E-state index is -0.380. The fraction of sp³-hybridized carbons (Fsp3) is 0.800. The van der Waals surface area contributed by atoms with Crippen molar-refractivity contribution < 1.29 is 19.4 Å². The first kappa shape index (κ1) is 15.7. The van der Waals surface area contributed by atoms with E-state index in [1.54, 1.807) is 0 Å². The lowest BCUT2D eigenvalue weighted by atomic mass is 10.3. The van der Waals surface area contributed by atoms with Crippen LogP contribution in [-0.4, -0.2) is 24.8 Å².